The predicted molar refractivity (Wildman–Crippen MR) is 50.3 cm³/mol. The molecular weight excluding hydrogens is 210 g/mol. The Morgan fingerprint density at radius 3 is 2.29 bits per heavy atom. The third-order valence-corrected chi connectivity index (χ3v) is 2.72. The highest BCUT2D eigenvalue weighted by atomic mass is 32.2. The largest absolute Gasteiger partial charge is 0.480 e. The van der Waals surface area contributed by atoms with Crippen molar-refractivity contribution in [3.63, 3.8) is 0 Å². The van der Waals surface area contributed by atoms with Crippen LogP contribution in [0.25, 0.3) is 0 Å². The molecule has 0 aliphatic heterocycles. The van der Waals surface area contributed by atoms with Crippen LogP contribution in [0.3, 0.4) is 0 Å². The summed E-state index contributed by atoms with van der Waals surface area (Å²) in [5.41, 5.74) is -0.592. The van der Waals surface area contributed by atoms with Gasteiger partial charge in [0.05, 0.1) is 0 Å². The van der Waals surface area contributed by atoms with Gasteiger partial charge in [0.15, 0.2) is 5.75 Å². The summed E-state index contributed by atoms with van der Waals surface area (Å²) in [5.74, 6) is -2.35. The fourth-order valence-corrected chi connectivity index (χ4v) is 1.61. The average Bonchev–Trinajstić information content (AvgIpc) is 1.99. The second kappa shape index (κ2) is 4.72. The Kier molecular flexibility index (Phi) is 4.50. The van der Waals surface area contributed by atoms with Crippen LogP contribution in [0.2, 0.25) is 0 Å². The van der Waals surface area contributed by atoms with Crippen LogP contribution in [0.1, 0.15) is 13.8 Å². The maximum absolute atomic E-state index is 11.0. The van der Waals surface area contributed by atoms with Crippen molar-refractivity contribution in [3.05, 3.63) is 0 Å². The summed E-state index contributed by atoms with van der Waals surface area (Å²) in [6.45, 7) is 3.16. The van der Waals surface area contributed by atoms with E-state index in [0.29, 0.717) is 0 Å². The van der Waals surface area contributed by atoms with Crippen LogP contribution in [0, 0.1) is 5.41 Å². The zero-order valence-corrected chi connectivity index (χ0v) is 8.97. The number of aliphatic hydroxyl groups excluding tert-OH is 1. The number of aliphatic hydroxyl groups is 1. The first kappa shape index (κ1) is 13.3. The van der Waals surface area contributed by atoms with E-state index in [1.807, 2.05) is 0 Å². The molecule has 7 heteroatoms. The monoisotopic (exact) mass is 225 g/mol. The van der Waals surface area contributed by atoms with Crippen LogP contribution in [-0.2, 0) is 14.8 Å². The first-order chi connectivity index (χ1) is 6.18. The minimum absolute atomic E-state index is 0.0130. The molecule has 0 aromatic rings. The summed E-state index contributed by atoms with van der Waals surface area (Å²) >= 11 is 0. The molecule has 0 aromatic heterocycles. The van der Waals surface area contributed by atoms with Crippen LogP contribution in [0.5, 0.6) is 0 Å². The number of carbonyl (C=O) groups is 1. The van der Waals surface area contributed by atoms with E-state index >= 15 is 0 Å². The van der Waals surface area contributed by atoms with E-state index < -0.39 is 27.2 Å². The van der Waals surface area contributed by atoms with Crippen molar-refractivity contribution in [2.24, 2.45) is 5.41 Å². The summed E-state index contributed by atoms with van der Waals surface area (Å²) in [4.78, 5) is 10.1. The molecule has 6 nitrogen and oxygen atoms in total. The van der Waals surface area contributed by atoms with Gasteiger partial charge in [0.25, 0.3) is 0 Å². The summed E-state index contributed by atoms with van der Waals surface area (Å²) in [6.07, 6.45) is 0. The number of hydrogen-bond acceptors (Lipinski definition) is 4. The number of sulfonamides is 1. The van der Waals surface area contributed by atoms with Gasteiger partial charge in [0.2, 0.25) is 10.0 Å². The summed E-state index contributed by atoms with van der Waals surface area (Å²) in [7, 11) is -3.78. The summed E-state index contributed by atoms with van der Waals surface area (Å²) < 4.78 is 24.2. The topological polar surface area (TPSA) is 104 Å². The summed E-state index contributed by atoms with van der Waals surface area (Å²) in [5, 5.41) is 17.1. The maximum Gasteiger partial charge on any atom is 0.320 e. The second-order valence-electron chi connectivity index (χ2n) is 3.80. The zero-order chi connectivity index (χ0) is 11.4. The Bertz CT molecular complexity index is 295. The minimum atomic E-state index is -3.78. The van der Waals surface area contributed by atoms with E-state index in [1.54, 1.807) is 13.8 Å². The number of carboxylic acid groups (broad SMARTS) is 1. The van der Waals surface area contributed by atoms with Crippen LogP contribution >= 0.6 is 0 Å². The third kappa shape index (κ3) is 5.90. The normalized spacial score (nSPS) is 12.8. The lowest BCUT2D eigenvalue weighted by Gasteiger charge is -2.21. The van der Waals surface area contributed by atoms with Crippen molar-refractivity contribution in [2.75, 3.05) is 18.9 Å². The van der Waals surface area contributed by atoms with Crippen LogP contribution in [-0.4, -0.2) is 43.5 Å². The zero-order valence-electron chi connectivity index (χ0n) is 8.15. The molecule has 0 aromatic carbocycles. The van der Waals surface area contributed by atoms with Gasteiger partial charge in [-0.1, -0.05) is 13.8 Å². The van der Waals surface area contributed by atoms with Crippen molar-refractivity contribution >= 4 is 16.0 Å². The Balaban J connectivity index is 4.20. The highest BCUT2D eigenvalue weighted by Crippen LogP contribution is 2.11. The van der Waals surface area contributed by atoms with E-state index in [4.69, 9.17) is 10.2 Å². The number of nitrogens with one attached hydrogen (secondary N) is 1. The Morgan fingerprint density at radius 2 is 1.93 bits per heavy atom. The lowest BCUT2D eigenvalue weighted by molar-refractivity contribution is -0.134. The van der Waals surface area contributed by atoms with Gasteiger partial charge in [-0.3, -0.25) is 4.79 Å². The molecule has 0 spiro atoms. The Morgan fingerprint density at radius 1 is 1.43 bits per heavy atom. The van der Waals surface area contributed by atoms with Crippen LogP contribution in [0.4, 0.5) is 0 Å². The van der Waals surface area contributed by atoms with Crippen molar-refractivity contribution in [1.29, 1.82) is 0 Å². The number of hydrogen-bond donors (Lipinski definition) is 3. The molecule has 0 radical (unpaired) electrons. The van der Waals surface area contributed by atoms with Crippen molar-refractivity contribution in [3.8, 4) is 0 Å². The highest BCUT2D eigenvalue weighted by Gasteiger charge is 2.21. The number of aliphatic carboxylic acids is 1. The van der Waals surface area contributed by atoms with Crippen molar-refractivity contribution in [1.82, 2.24) is 4.72 Å². The SMILES string of the molecule is CC(C)(CO)CNS(=O)(=O)CC(=O)O. The van der Waals surface area contributed by atoms with Gasteiger partial charge >= 0.3 is 5.97 Å². The molecule has 0 amide bonds. The van der Waals surface area contributed by atoms with E-state index in [-0.39, 0.29) is 13.2 Å². The molecule has 0 rings (SSSR count). The fourth-order valence-electron chi connectivity index (χ4n) is 0.575. The van der Waals surface area contributed by atoms with Gasteiger partial charge in [-0.15, -0.1) is 0 Å². The molecule has 0 aliphatic rings. The average molecular weight is 225 g/mol. The van der Waals surface area contributed by atoms with Gasteiger partial charge in [-0.05, 0) is 0 Å². The first-order valence-corrected chi connectivity index (χ1v) is 5.64. The lowest BCUT2D eigenvalue weighted by Crippen LogP contribution is -2.38. The third-order valence-electron chi connectivity index (χ3n) is 1.51. The Hall–Kier alpha value is -0.660. The standard InChI is InChI=1S/C7H15NO5S/c1-7(2,5-9)4-8-14(12,13)3-6(10)11/h8-9H,3-5H2,1-2H3,(H,10,11). The molecule has 0 atom stereocenters. The van der Waals surface area contributed by atoms with E-state index in [0.717, 1.165) is 0 Å². The highest BCUT2D eigenvalue weighted by molar-refractivity contribution is 7.90. The van der Waals surface area contributed by atoms with Crippen molar-refractivity contribution in [2.45, 2.75) is 13.8 Å². The van der Waals surface area contributed by atoms with Gasteiger partial charge in [0, 0.05) is 18.6 Å². The molecule has 0 unspecified atom stereocenters. The van der Waals surface area contributed by atoms with Crippen molar-refractivity contribution < 1.29 is 23.4 Å². The van der Waals surface area contributed by atoms with Crippen LogP contribution in [0.15, 0.2) is 0 Å². The molecule has 14 heavy (non-hydrogen) atoms. The molecule has 0 saturated carbocycles. The molecule has 0 heterocycles. The second-order valence-corrected chi connectivity index (χ2v) is 5.60. The predicted octanol–water partition coefficient (Wildman–Crippen LogP) is -0.991. The lowest BCUT2D eigenvalue weighted by atomic mass is 9.96. The molecule has 0 aliphatic carbocycles. The minimum Gasteiger partial charge on any atom is -0.480 e. The first-order valence-electron chi connectivity index (χ1n) is 3.98. The molecule has 0 saturated heterocycles. The molecule has 0 fully saturated rings. The maximum atomic E-state index is 11.0. The number of rotatable bonds is 6. The van der Waals surface area contributed by atoms with E-state index in [9.17, 15) is 13.2 Å². The van der Waals surface area contributed by atoms with E-state index in [1.165, 1.54) is 0 Å². The fraction of sp³-hybridized carbons (Fsp3) is 0.857. The molecular formula is C7H15NO5S. The van der Waals surface area contributed by atoms with Crippen LogP contribution < -0.4 is 4.72 Å². The Labute approximate surface area is 83.0 Å². The number of carboxylic acids is 1. The molecule has 3 N–H and O–H groups in total. The molecule has 84 valence electrons. The van der Waals surface area contributed by atoms with Gasteiger partial charge in [-0.25, -0.2) is 13.1 Å². The quantitative estimate of drug-likeness (QED) is 0.538. The van der Waals surface area contributed by atoms with Gasteiger partial charge < -0.3 is 10.2 Å². The summed E-state index contributed by atoms with van der Waals surface area (Å²) in [6, 6.07) is 0. The van der Waals surface area contributed by atoms with E-state index in [2.05, 4.69) is 4.72 Å². The smallest absolute Gasteiger partial charge is 0.320 e. The molecule has 0 bridgehead atoms. The van der Waals surface area contributed by atoms with Gasteiger partial charge in [-0.2, -0.15) is 0 Å². The van der Waals surface area contributed by atoms with Gasteiger partial charge in [0.1, 0.15) is 0 Å².